The summed E-state index contributed by atoms with van der Waals surface area (Å²) in [5.74, 6) is 1.04. The summed E-state index contributed by atoms with van der Waals surface area (Å²) in [6.07, 6.45) is 5.62. The standard InChI is InChI=1S/C11H15N3S/c12-11(15)9-4-5-10(13-8-9)14-6-2-1-3-7-14/h4-5,8H,1-3,6-7H2,(H2,12,15). The van der Waals surface area contributed by atoms with E-state index in [1.54, 1.807) is 6.20 Å². The molecule has 0 aliphatic carbocycles. The highest BCUT2D eigenvalue weighted by atomic mass is 32.1. The van der Waals surface area contributed by atoms with E-state index in [0.29, 0.717) is 4.99 Å². The fourth-order valence-electron chi connectivity index (χ4n) is 1.84. The molecule has 0 aromatic carbocycles. The molecule has 0 spiro atoms. The molecular weight excluding hydrogens is 206 g/mol. The maximum atomic E-state index is 5.52. The van der Waals surface area contributed by atoms with Crippen LogP contribution in [-0.2, 0) is 0 Å². The molecule has 1 aromatic rings. The molecule has 0 amide bonds. The van der Waals surface area contributed by atoms with Crippen molar-refractivity contribution in [2.45, 2.75) is 19.3 Å². The minimum absolute atomic E-state index is 0.410. The van der Waals surface area contributed by atoms with Gasteiger partial charge in [-0.25, -0.2) is 4.98 Å². The molecule has 15 heavy (non-hydrogen) atoms. The lowest BCUT2D eigenvalue weighted by atomic mass is 10.1. The molecule has 1 fully saturated rings. The number of hydrogen-bond donors (Lipinski definition) is 1. The topological polar surface area (TPSA) is 42.1 Å². The highest BCUT2D eigenvalue weighted by molar-refractivity contribution is 7.80. The van der Waals surface area contributed by atoms with Crippen LogP contribution >= 0.6 is 12.2 Å². The van der Waals surface area contributed by atoms with Crippen LogP contribution in [0.1, 0.15) is 24.8 Å². The number of pyridine rings is 1. The number of nitrogens with zero attached hydrogens (tertiary/aromatic N) is 2. The van der Waals surface area contributed by atoms with Crippen molar-refractivity contribution in [1.29, 1.82) is 0 Å². The van der Waals surface area contributed by atoms with Crippen LogP contribution in [0.25, 0.3) is 0 Å². The Balaban J connectivity index is 2.11. The fraction of sp³-hybridized carbons (Fsp3) is 0.455. The fourth-order valence-corrected chi connectivity index (χ4v) is 1.96. The van der Waals surface area contributed by atoms with Gasteiger partial charge >= 0.3 is 0 Å². The van der Waals surface area contributed by atoms with Crippen molar-refractivity contribution in [2.24, 2.45) is 5.73 Å². The Labute approximate surface area is 95.3 Å². The number of anilines is 1. The number of nitrogens with two attached hydrogens (primary N) is 1. The summed E-state index contributed by atoms with van der Waals surface area (Å²) in [7, 11) is 0. The average molecular weight is 221 g/mol. The van der Waals surface area contributed by atoms with Gasteiger partial charge in [0.1, 0.15) is 10.8 Å². The van der Waals surface area contributed by atoms with Gasteiger partial charge in [-0.3, -0.25) is 0 Å². The van der Waals surface area contributed by atoms with Crippen molar-refractivity contribution in [1.82, 2.24) is 4.98 Å². The molecule has 1 aromatic heterocycles. The molecule has 0 radical (unpaired) electrons. The lowest BCUT2D eigenvalue weighted by Gasteiger charge is -2.27. The minimum Gasteiger partial charge on any atom is -0.389 e. The molecule has 0 saturated carbocycles. The molecular formula is C11H15N3S. The Morgan fingerprint density at radius 3 is 2.53 bits per heavy atom. The highest BCUT2D eigenvalue weighted by Crippen LogP contribution is 2.17. The van der Waals surface area contributed by atoms with Crippen LogP contribution in [-0.4, -0.2) is 23.1 Å². The molecule has 1 aliphatic rings. The van der Waals surface area contributed by atoms with Crippen molar-refractivity contribution in [3.63, 3.8) is 0 Å². The van der Waals surface area contributed by atoms with Gasteiger partial charge in [0.05, 0.1) is 0 Å². The summed E-state index contributed by atoms with van der Waals surface area (Å²) in [5.41, 5.74) is 6.36. The van der Waals surface area contributed by atoms with Gasteiger partial charge in [0.2, 0.25) is 0 Å². The van der Waals surface area contributed by atoms with Gasteiger partial charge in [-0.05, 0) is 31.4 Å². The van der Waals surface area contributed by atoms with E-state index >= 15 is 0 Å². The van der Waals surface area contributed by atoms with Gasteiger partial charge in [-0.2, -0.15) is 0 Å². The van der Waals surface area contributed by atoms with Crippen LogP contribution in [0.3, 0.4) is 0 Å². The summed E-state index contributed by atoms with van der Waals surface area (Å²) >= 11 is 4.89. The molecule has 0 bridgehead atoms. The first-order valence-corrected chi connectivity index (χ1v) is 5.69. The Morgan fingerprint density at radius 2 is 2.00 bits per heavy atom. The SMILES string of the molecule is NC(=S)c1ccc(N2CCCCC2)nc1. The second kappa shape index (κ2) is 4.57. The second-order valence-electron chi connectivity index (χ2n) is 3.82. The summed E-state index contributed by atoms with van der Waals surface area (Å²) in [5, 5.41) is 0. The van der Waals surface area contributed by atoms with E-state index in [4.69, 9.17) is 18.0 Å². The van der Waals surface area contributed by atoms with E-state index in [9.17, 15) is 0 Å². The third kappa shape index (κ3) is 2.45. The molecule has 4 heteroatoms. The Kier molecular flexibility index (Phi) is 3.16. The predicted molar refractivity (Wildman–Crippen MR) is 66.2 cm³/mol. The normalized spacial score (nSPS) is 16.4. The summed E-state index contributed by atoms with van der Waals surface area (Å²) in [6, 6.07) is 3.94. The molecule has 0 unspecified atom stereocenters. The van der Waals surface area contributed by atoms with Gasteiger partial charge in [0.25, 0.3) is 0 Å². The number of rotatable bonds is 2. The smallest absolute Gasteiger partial charge is 0.128 e. The van der Waals surface area contributed by atoms with E-state index in [2.05, 4.69) is 9.88 Å². The van der Waals surface area contributed by atoms with Crippen molar-refractivity contribution >= 4 is 23.0 Å². The van der Waals surface area contributed by atoms with Crippen molar-refractivity contribution in [2.75, 3.05) is 18.0 Å². The van der Waals surface area contributed by atoms with Crippen LogP contribution < -0.4 is 10.6 Å². The van der Waals surface area contributed by atoms with Crippen LogP contribution in [0.4, 0.5) is 5.82 Å². The lowest BCUT2D eigenvalue weighted by Crippen LogP contribution is -2.30. The zero-order chi connectivity index (χ0) is 10.7. The van der Waals surface area contributed by atoms with Gasteiger partial charge in [0.15, 0.2) is 0 Å². The van der Waals surface area contributed by atoms with Gasteiger partial charge in [0, 0.05) is 24.8 Å². The lowest BCUT2D eigenvalue weighted by molar-refractivity contribution is 0.573. The largest absolute Gasteiger partial charge is 0.389 e. The Morgan fingerprint density at radius 1 is 1.27 bits per heavy atom. The Hall–Kier alpha value is -1.16. The molecule has 3 nitrogen and oxygen atoms in total. The third-order valence-corrected chi connectivity index (χ3v) is 2.95. The van der Waals surface area contributed by atoms with E-state index in [1.165, 1.54) is 19.3 Å². The monoisotopic (exact) mass is 221 g/mol. The Bertz CT molecular complexity index is 341. The van der Waals surface area contributed by atoms with Gasteiger partial charge in [-0.15, -0.1) is 0 Å². The zero-order valence-electron chi connectivity index (χ0n) is 8.65. The average Bonchev–Trinajstić information content (AvgIpc) is 2.30. The molecule has 2 N–H and O–H groups in total. The van der Waals surface area contributed by atoms with Crippen LogP contribution in [0.2, 0.25) is 0 Å². The van der Waals surface area contributed by atoms with E-state index in [-0.39, 0.29) is 0 Å². The number of hydrogen-bond acceptors (Lipinski definition) is 3. The zero-order valence-corrected chi connectivity index (χ0v) is 9.46. The molecule has 2 rings (SSSR count). The molecule has 1 aliphatic heterocycles. The minimum atomic E-state index is 0.410. The van der Waals surface area contributed by atoms with Crippen LogP contribution in [0.5, 0.6) is 0 Å². The first kappa shape index (κ1) is 10.4. The summed E-state index contributed by atoms with van der Waals surface area (Å²) < 4.78 is 0. The van der Waals surface area contributed by atoms with Gasteiger partial charge < -0.3 is 10.6 Å². The molecule has 1 saturated heterocycles. The van der Waals surface area contributed by atoms with E-state index in [1.807, 2.05) is 12.1 Å². The number of piperidine rings is 1. The maximum Gasteiger partial charge on any atom is 0.128 e. The quantitative estimate of drug-likeness (QED) is 0.772. The summed E-state index contributed by atoms with van der Waals surface area (Å²) in [6.45, 7) is 2.22. The maximum absolute atomic E-state index is 5.52. The van der Waals surface area contributed by atoms with E-state index < -0.39 is 0 Å². The second-order valence-corrected chi connectivity index (χ2v) is 4.26. The molecule has 2 heterocycles. The molecule has 0 atom stereocenters. The first-order chi connectivity index (χ1) is 7.27. The highest BCUT2D eigenvalue weighted by Gasteiger charge is 2.11. The number of thiocarbonyl (C=S) groups is 1. The van der Waals surface area contributed by atoms with Crippen molar-refractivity contribution in [3.8, 4) is 0 Å². The summed E-state index contributed by atoms with van der Waals surface area (Å²) in [4.78, 5) is 7.10. The third-order valence-electron chi connectivity index (χ3n) is 2.71. The van der Waals surface area contributed by atoms with E-state index in [0.717, 1.165) is 24.5 Å². The van der Waals surface area contributed by atoms with Crippen molar-refractivity contribution < 1.29 is 0 Å². The first-order valence-electron chi connectivity index (χ1n) is 5.28. The number of aromatic nitrogens is 1. The van der Waals surface area contributed by atoms with Crippen molar-refractivity contribution in [3.05, 3.63) is 23.9 Å². The molecule has 80 valence electrons. The van der Waals surface area contributed by atoms with Gasteiger partial charge in [-0.1, -0.05) is 12.2 Å². The van der Waals surface area contributed by atoms with Crippen LogP contribution in [0.15, 0.2) is 18.3 Å². The predicted octanol–water partition coefficient (Wildman–Crippen LogP) is 1.71. The van der Waals surface area contributed by atoms with Crippen LogP contribution in [0, 0.1) is 0 Å².